The van der Waals surface area contributed by atoms with Crippen LogP contribution < -0.4 is 5.32 Å². The number of amides is 2. The van der Waals surface area contributed by atoms with Gasteiger partial charge in [0, 0.05) is 37.4 Å². The monoisotopic (exact) mass is 529 g/mol. The first-order chi connectivity index (χ1) is 17.5. The predicted molar refractivity (Wildman–Crippen MR) is 149 cm³/mol. The SMILES string of the molecule is CC[C@H](C)CC(=O)N(C)[C@H](CCc1nc(C(=O)N[C@@H](Cc2ccccc2)C[C@H](C)C(=O)O)cs1)C(C)C. The molecule has 0 fully saturated rings. The lowest BCUT2D eigenvalue weighted by Gasteiger charge is -2.32. The summed E-state index contributed by atoms with van der Waals surface area (Å²) < 4.78 is 0. The highest BCUT2D eigenvalue weighted by Crippen LogP contribution is 2.21. The molecule has 7 nitrogen and oxygen atoms in total. The number of hydrogen-bond donors (Lipinski definition) is 2. The van der Waals surface area contributed by atoms with Crippen LogP contribution in [0.4, 0.5) is 0 Å². The zero-order valence-corrected chi connectivity index (χ0v) is 23.9. The van der Waals surface area contributed by atoms with Crippen molar-refractivity contribution in [1.82, 2.24) is 15.2 Å². The second kappa shape index (κ2) is 14.9. The Morgan fingerprint density at radius 3 is 2.38 bits per heavy atom. The van der Waals surface area contributed by atoms with Crippen LogP contribution in [0.25, 0.3) is 0 Å². The maximum atomic E-state index is 13.0. The minimum absolute atomic E-state index is 0.102. The second-order valence-corrected chi connectivity index (χ2v) is 11.5. The third kappa shape index (κ3) is 9.91. The topological polar surface area (TPSA) is 99.6 Å². The van der Waals surface area contributed by atoms with E-state index in [9.17, 15) is 19.5 Å². The predicted octanol–water partition coefficient (Wildman–Crippen LogP) is 5.45. The van der Waals surface area contributed by atoms with Gasteiger partial charge in [-0.3, -0.25) is 14.4 Å². The number of nitrogens with one attached hydrogen (secondary N) is 1. The van der Waals surface area contributed by atoms with E-state index in [0.29, 0.717) is 43.2 Å². The Morgan fingerprint density at radius 2 is 1.78 bits per heavy atom. The fraction of sp³-hybridized carbons (Fsp3) is 0.586. The van der Waals surface area contributed by atoms with Crippen LogP contribution in [0.5, 0.6) is 0 Å². The third-order valence-electron chi connectivity index (χ3n) is 7.04. The average molecular weight is 530 g/mol. The molecule has 1 aromatic heterocycles. The van der Waals surface area contributed by atoms with E-state index in [0.717, 1.165) is 23.4 Å². The van der Waals surface area contributed by atoms with Crippen LogP contribution in [0, 0.1) is 17.8 Å². The lowest BCUT2D eigenvalue weighted by molar-refractivity contribution is -0.141. The van der Waals surface area contributed by atoms with Crippen molar-refractivity contribution < 1.29 is 19.5 Å². The Kier molecular flexibility index (Phi) is 12.2. The molecule has 0 aliphatic carbocycles. The summed E-state index contributed by atoms with van der Waals surface area (Å²) in [6, 6.07) is 9.52. The normalized spacial score (nSPS) is 14.6. The van der Waals surface area contributed by atoms with E-state index >= 15 is 0 Å². The molecule has 4 atom stereocenters. The molecule has 1 aromatic carbocycles. The van der Waals surface area contributed by atoms with Gasteiger partial charge in [-0.05, 0) is 36.7 Å². The average Bonchev–Trinajstić information content (AvgIpc) is 3.33. The zero-order valence-electron chi connectivity index (χ0n) is 23.1. The number of nitrogens with zero attached hydrogens (tertiary/aromatic N) is 2. The molecular formula is C29H43N3O4S. The van der Waals surface area contributed by atoms with E-state index < -0.39 is 11.9 Å². The van der Waals surface area contributed by atoms with Crippen molar-refractivity contribution in [2.75, 3.05) is 7.05 Å². The van der Waals surface area contributed by atoms with Gasteiger partial charge in [-0.15, -0.1) is 11.3 Å². The fourth-order valence-electron chi connectivity index (χ4n) is 4.43. The smallest absolute Gasteiger partial charge is 0.306 e. The van der Waals surface area contributed by atoms with Crippen LogP contribution in [-0.4, -0.2) is 51.9 Å². The van der Waals surface area contributed by atoms with Gasteiger partial charge < -0.3 is 15.3 Å². The van der Waals surface area contributed by atoms with Crippen LogP contribution in [0.1, 0.15) is 81.4 Å². The first kappa shape index (κ1) is 30.5. The molecule has 204 valence electrons. The van der Waals surface area contributed by atoms with Crippen LogP contribution in [-0.2, 0) is 22.4 Å². The Morgan fingerprint density at radius 1 is 1.11 bits per heavy atom. The highest BCUT2D eigenvalue weighted by atomic mass is 32.1. The van der Waals surface area contributed by atoms with Gasteiger partial charge >= 0.3 is 5.97 Å². The Labute approximate surface area is 225 Å². The molecule has 0 bridgehead atoms. The van der Waals surface area contributed by atoms with Gasteiger partial charge in [0.05, 0.1) is 10.9 Å². The first-order valence-electron chi connectivity index (χ1n) is 13.3. The summed E-state index contributed by atoms with van der Waals surface area (Å²) in [4.78, 5) is 43.6. The summed E-state index contributed by atoms with van der Waals surface area (Å²) in [5.41, 5.74) is 1.39. The number of thiazole rings is 1. The van der Waals surface area contributed by atoms with Gasteiger partial charge in [-0.2, -0.15) is 0 Å². The minimum atomic E-state index is -0.879. The molecule has 0 saturated heterocycles. The van der Waals surface area contributed by atoms with Crippen LogP contribution >= 0.6 is 11.3 Å². The van der Waals surface area contributed by atoms with Crippen molar-refractivity contribution in [3.05, 3.63) is 52.0 Å². The van der Waals surface area contributed by atoms with Crippen LogP contribution in [0.15, 0.2) is 35.7 Å². The summed E-state index contributed by atoms with van der Waals surface area (Å²) in [5.74, 6) is -0.895. The number of hydrogen-bond acceptors (Lipinski definition) is 5. The van der Waals surface area contributed by atoms with Gasteiger partial charge in [-0.1, -0.05) is 71.4 Å². The quantitative estimate of drug-likeness (QED) is 0.320. The maximum absolute atomic E-state index is 13.0. The highest BCUT2D eigenvalue weighted by molar-refractivity contribution is 7.09. The van der Waals surface area contributed by atoms with Crippen molar-refractivity contribution in [3.63, 3.8) is 0 Å². The van der Waals surface area contributed by atoms with Crippen molar-refractivity contribution >= 4 is 29.1 Å². The molecule has 2 aromatic rings. The van der Waals surface area contributed by atoms with Crippen molar-refractivity contribution in [2.45, 2.75) is 85.2 Å². The minimum Gasteiger partial charge on any atom is -0.481 e. The molecule has 0 radical (unpaired) electrons. The fourth-order valence-corrected chi connectivity index (χ4v) is 5.22. The number of rotatable bonds is 15. The maximum Gasteiger partial charge on any atom is 0.306 e. The van der Waals surface area contributed by atoms with E-state index in [-0.39, 0.29) is 23.9 Å². The van der Waals surface area contributed by atoms with E-state index in [1.54, 1.807) is 12.3 Å². The summed E-state index contributed by atoms with van der Waals surface area (Å²) >= 11 is 1.45. The Hall–Kier alpha value is -2.74. The number of benzene rings is 1. The zero-order chi connectivity index (χ0) is 27.5. The molecule has 0 unspecified atom stereocenters. The molecule has 2 amide bonds. The Balaban J connectivity index is 2.03. The molecule has 0 spiro atoms. The first-order valence-corrected chi connectivity index (χ1v) is 14.2. The molecule has 8 heteroatoms. The molecule has 0 aliphatic rings. The molecule has 2 rings (SSSR count). The number of aliphatic carboxylic acids is 1. The molecule has 2 N–H and O–H groups in total. The van der Waals surface area contributed by atoms with E-state index in [4.69, 9.17) is 0 Å². The van der Waals surface area contributed by atoms with Crippen molar-refractivity contribution in [2.24, 2.45) is 17.8 Å². The number of carbonyl (C=O) groups excluding carboxylic acids is 2. The van der Waals surface area contributed by atoms with E-state index in [2.05, 4.69) is 38.0 Å². The molecule has 37 heavy (non-hydrogen) atoms. The standard InChI is InChI=1S/C29H43N3O4S/c1-7-20(4)15-27(33)32(6)25(19(2)3)13-14-26-31-24(18-37-26)28(34)30-23(16-21(5)29(35)36)17-22-11-9-8-10-12-22/h8-12,18-21,23,25H,7,13-17H2,1-6H3,(H,30,34)(H,35,36)/t20-,21-,23+,25+/m0/s1. The lowest BCUT2D eigenvalue weighted by Crippen LogP contribution is -2.41. The molecule has 1 heterocycles. The highest BCUT2D eigenvalue weighted by Gasteiger charge is 2.25. The summed E-state index contributed by atoms with van der Waals surface area (Å²) in [5, 5.41) is 15.0. The number of aryl methyl sites for hydroxylation is 1. The van der Waals surface area contributed by atoms with Crippen molar-refractivity contribution in [3.8, 4) is 0 Å². The largest absolute Gasteiger partial charge is 0.481 e. The molecule has 0 aliphatic heterocycles. The molecule has 0 saturated carbocycles. The van der Waals surface area contributed by atoms with Crippen molar-refractivity contribution in [1.29, 1.82) is 0 Å². The van der Waals surface area contributed by atoms with Crippen LogP contribution in [0.2, 0.25) is 0 Å². The number of carboxylic acid groups (broad SMARTS) is 1. The van der Waals surface area contributed by atoms with Gasteiger partial charge in [0.2, 0.25) is 5.91 Å². The number of carbonyl (C=O) groups is 3. The lowest BCUT2D eigenvalue weighted by atomic mass is 9.96. The third-order valence-corrected chi connectivity index (χ3v) is 7.95. The van der Waals surface area contributed by atoms with Gasteiger partial charge in [0.15, 0.2) is 0 Å². The number of carboxylic acids is 1. The van der Waals surface area contributed by atoms with E-state index in [1.807, 2.05) is 42.3 Å². The molecular weight excluding hydrogens is 486 g/mol. The summed E-state index contributed by atoms with van der Waals surface area (Å²) in [6.07, 6.45) is 3.89. The van der Waals surface area contributed by atoms with Gasteiger partial charge in [0.25, 0.3) is 5.91 Å². The number of aromatic nitrogens is 1. The summed E-state index contributed by atoms with van der Waals surface area (Å²) in [7, 11) is 1.89. The van der Waals surface area contributed by atoms with Gasteiger partial charge in [-0.25, -0.2) is 4.98 Å². The van der Waals surface area contributed by atoms with E-state index in [1.165, 1.54) is 11.3 Å². The van der Waals surface area contributed by atoms with Crippen LogP contribution in [0.3, 0.4) is 0 Å². The summed E-state index contributed by atoms with van der Waals surface area (Å²) in [6.45, 7) is 10.1. The second-order valence-electron chi connectivity index (χ2n) is 10.5. The Bertz CT molecular complexity index is 1010. The van der Waals surface area contributed by atoms with Gasteiger partial charge in [0.1, 0.15) is 5.69 Å².